The SMILES string of the molecule is COC1(c2ccc(F)cc2OCc2cc(-c3ccccc3)n(-c3ccc(S(C)(=O)=O)cc3)n2)CCOCC1. The topological polar surface area (TPSA) is 79.7 Å². The van der Waals surface area contributed by atoms with E-state index in [9.17, 15) is 12.8 Å². The normalized spacial score (nSPS) is 15.3. The molecule has 1 aliphatic heterocycles. The van der Waals surface area contributed by atoms with E-state index in [2.05, 4.69) is 0 Å². The van der Waals surface area contributed by atoms with Crippen LogP contribution < -0.4 is 4.74 Å². The minimum absolute atomic E-state index is 0.0982. The Balaban J connectivity index is 1.49. The standard InChI is InChI=1S/C29H29FN2O5S/c1-35-29(14-16-36-17-15-29)26-13-8-22(30)18-28(26)37-20-23-19-27(21-6-4-3-5-7-21)32(31-23)24-9-11-25(12-10-24)38(2,33)34/h3-13,18-19H,14-17,20H2,1-2H3. The molecule has 1 fully saturated rings. The van der Waals surface area contributed by atoms with Gasteiger partial charge in [-0.05, 0) is 42.5 Å². The van der Waals surface area contributed by atoms with Crippen LogP contribution in [0, 0.1) is 5.82 Å². The summed E-state index contributed by atoms with van der Waals surface area (Å²) >= 11 is 0. The lowest BCUT2D eigenvalue weighted by molar-refractivity contribution is -0.0960. The lowest BCUT2D eigenvalue weighted by atomic mass is 9.85. The van der Waals surface area contributed by atoms with Crippen molar-refractivity contribution in [3.8, 4) is 22.7 Å². The van der Waals surface area contributed by atoms with Crippen molar-refractivity contribution in [3.63, 3.8) is 0 Å². The van der Waals surface area contributed by atoms with Gasteiger partial charge in [-0.2, -0.15) is 5.10 Å². The molecular formula is C29H29FN2O5S. The van der Waals surface area contributed by atoms with Gasteiger partial charge in [-0.25, -0.2) is 17.5 Å². The Bertz CT molecular complexity index is 1510. The van der Waals surface area contributed by atoms with E-state index in [0.717, 1.165) is 16.8 Å². The average Bonchev–Trinajstić information content (AvgIpc) is 3.37. The first-order valence-corrected chi connectivity index (χ1v) is 14.2. The van der Waals surface area contributed by atoms with Gasteiger partial charge in [0, 0.05) is 56.6 Å². The number of benzene rings is 3. The third-order valence-electron chi connectivity index (χ3n) is 6.84. The van der Waals surface area contributed by atoms with Crippen LogP contribution in [0.25, 0.3) is 16.9 Å². The molecule has 0 unspecified atom stereocenters. The van der Waals surface area contributed by atoms with Gasteiger partial charge in [-0.15, -0.1) is 0 Å². The van der Waals surface area contributed by atoms with Crippen molar-refractivity contribution >= 4 is 9.84 Å². The molecule has 0 N–H and O–H groups in total. The Morgan fingerprint density at radius 2 is 1.71 bits per heavy atom. The zero-order valence-corrected chi connectivity index (χ0v) is 22.1. The fourth-order valence-electron chi connectivity index (χ4n) is 4.77. The Morgan fingerprint density at radius 3 is 2.37 bits per heavy atom. The first-order valence-electron chi connectivity index (χ1n) is 12.3. The minimum Gasteiger partial charge on any atom is -0.487 e. The third kappa shape index (κ3) is 5.36. The zero-order valence-electron chi connectivity index (χ0n) is 21.3. The summed E-state index contributed by atoms with van der Waals surface area (Å²) in [5.41, 5.74) is 3.25. The number of nitrogens with zero attached hydrogens (tertiary/aromatic N) is 2. The van der Waals surface area contributed by atoms with E-state index in [0.29, 0.717) is 43.2 Å². The van der Waals surface area contributed by atoms with E-state index in [1.165, 1.54) is 18.4 Å². The number of methoxy groups -OCH3 is 1. The van der Waals surface area contributed by atoms with Crippen molar-refractivity contribution in [2.45, 2.75) is 29.9 Å². The molecule has 4 aromatic rings. The number of ether oxygens (including phenoxy) is 3. The van der Waals surface area contributed by atoms with Crippen molar-refractivity contribution in [1.82, 2.24) is 9.78 Å². The van der Waals surface area contributed by atoms with Gasteiger partial charge in [0.05, 0.1) is 16.3 Å². The molecule has 0 bridgehead atoms. The summed E-state index contributed by atoms with van der Waals surface area (Å²) in [6, 6.07) is 22.8. The van der Waals surface area contributed by atoms with Crippen LogP contribution in [-0.2, 0) is 31.5 Å². The van der Waals surface area contributed by atoms with Gasteiger partial charge in [0.1, 0.15) is 29.5 Å². The maximum atomic E-state index is 14.3. The van der Waals surface area contributed by atoms with Crippen LogP contribution in [0.3, 0.4) is 0 Å². The fourth-order valence-corrected chi connectivity index (χ4v) is 5.41. The van der Waals surface area contributed by atoms with E-state index in [-0.39, 0.29) is 11.5 Å². The summed E-state index contributed by atoms with van der Waals surface area (Å²) in [7, 11) is -1.67. The highest BCUT2D eigenvalue weighted by Crippen LogP contribution is 2.41. The Morgan fingerprint density at radius 1 is 1.00 bits per heavy atom. The van der Waals surface area contributed by atoms with Crippen molar-refractivity contribution in [2.75, 3.05) is 26.6 Å². The van der Waals surface area contributed by atoms with E-state index >= 15 is 0 Å². The first-order chi connectivity index (χ1) is 18.3. The summed E-state index contributed by atoms with van der Waals surface area (Å²) in [6.45, 7) is 1.20. The third-order valence-corrected chi connectivity index (χ3v) is 7.97. The smallest absolute Gasteiger partial charge is 0.175 e. The molecule has 1 saturated heterocycles. The molecule has 1 aromatic heterocycles. The first kappa shape index (κ1) is 26.1. The molecule has 7 nitrogen and oxygen atoms in total. The van der Waals surface area contributed by atoms with Gasteiger partial charge < -0.3 is 14.2 Å². The van der Waals surface area contributed by atoms with Crippen molar-refractivity contribution < 1.29 is 27.0 Å². The monoisotopic (exact) mass is 536 g/mol. The molecule has 0 radical (unpaired) electrons. The predicted molar refractivity (Wildman–Crippen MR) is 142 cm³/mol. The van der Waals surface area contributed by atoms with Crippen LogP contribution >= 0.6 is 0 Å². The average molecular weight is 537 g/mol. The van der Waals surface area contributed by atoms with Crippen LogP contribution in [0.5, 0.6) is 5.75 Å². The largest absolute Gasteiger partial charge is 0.487 e. The molecule has 0 saturated carbocycles. The molecular weight excluding hydrogens is 507 g/mol. The van der Waals surface area contributed by atoms with E-state index in [1.807, 2.05) is 36.4 Å². The summed E-state index contributed by atoms with van der Waals surface area (Å²) in [6.07, 6.45) is 2.46. The molecule has 0 spiro atoms. The van der Waals surface area contributed by atoms with Gasteiger partial charge in [0.15, 0.2) is 9.84 Å². The molecule has 198 valence electrons. The number of hydrogen-bond acceptors (Lipinski definition) is 6. The second-order valence-electron chi connectivity index (χ2n) is 9.30. The van der Waals surface area contributed by atoms with Gasteiger partial charge in [-0.1, -0.05) is 30.3 Å². The highest BCUT2D eigenvalue weighted by Gasteiger charge is 2.37. The van der Waals surface area contributed by atoms with Crippen molar-refractivity contribution in [2.24, 2.45) is 0 Å². The molecule has 3 aromatic carbocycles. The van der Waals surface area contributed by atoms with Crippen molar-refractivity contribution in [1.29, 1.82) is 0 Å². The molecule has 1 aliphatic rings. The van der Waals surface area contributed by atoms with Crippen LogP contribution in [-0.4, -0.2) is 44.8 Å². The number of sulfone groups is 1. The quantitative estimate of drug-likeness (QED) is 0.304. The molecule has 5 rings (SSSR count). The molecule has 2 heterocycles. The highest BCUT2D eigenvalue weighted by molar-refractivity contribution is 7.90. The molecule has 0 aliphatic carbocycles. The number of halogens is 1. The lowest BCUT2D eigenvalue weighted by Crippen LogP contribution is -2.36. The molecule has 9 heteroatoms. The van der Waals surface area contributed by atoms with Gasteiger partial charge in [0.25, 0.3) is 0 Å². The van der Waals surface area contributed by atoms with Gasteiger partial charge >= 0.3 is 0 Å². The van der Waals surface area contributed by atoms with E-state index < -0.39 is 21.3 Å². The van der Waals surface area contributed by atoms with Gasteiger partial charge in [0.2, 0.25) is 0 Å². The van der Waals surface area contributed by atoms with Gasteiger partial charge in [-0.3, -0.25) is 0 Å². The number of aromatic nitrogens is 2. The fraction of sp³-hybridized carbons (Fsp3) is 0.276. The van der Waals surface area contributed by atoms with E-state index in [1.54, 1.807) is 42.1 Å². The second-order valence-corrected chi connectivity index (χ2v) is 11.3. The second kappa shape index (κ2) is 10.7. The van der Waals surface area contributed by atoms with Crippen molar-refractivity contribution in [3.05, 3.63) is 95.9 Å². The van der Waals surface area contributed by atoms with Crippen LogP contribution in [0.4, 0.5) is 4.39 Å². The van der Waals surface area contributed by atoms with Crippen LogP contribution in [0.15, 0.2) is 83.8 Å². The maximum absolute atomic E-state index is 14.3. The maximum Gasteiger partial charge on any atom is 0.175 e. The minimum atomic E-state index is -3.32. The molecule has 0 atom stereocenters. The lowest BCUT2D eigenvalue weighted by Gasteiger charge is -2.37. The van der Waals surface area contributed by atoms with Crippen LogP contribution in [0.1, 0.15) is 24.1 Å². The predicted octanol–water partition coefficient (Wildman–Crippen LogP) is 5.31. The summed E-state index contributed by atoms with van der Waals surface area (Å²) in [4.78, 5) is 0.233. The number of rotatable bonds is 8. The molecule has 38 heavy (non-hydrogen) atoms. The van der Waals surface area contributed by atoms with Crippen LogP contribution in [0.2, 0.25) is 0 Å². The molecule has 0 amide bonds. The Labute approximate surface area is 221 Å². The Hall–Kier alpha value is -3.53. The summed E-state index contributed by atoms with van der Waals surface area (Å²) in [5, 5.41) is 4.76. The zero-order chi connectivity index (χ0) is 26.8. The Kier molecular flexibility index (Phi) is 7.34. The highest BCUT2D eigenvalue weighted by atomic mass is 32.2. The van der Waals surface area contributed by atoms with E-state index in [4.69, 9.17) is 19.3 Å². The summed E-state index contributed by atoms with van der Waals surface area (Å²) in [5.74, 6) is 0.00518. The summed E-state index contributed by atoms with van der Waals surface area (Å²) < 4.78 is 57.5. The number of hydrogen-bond donors (Lipinski definition) is 0.